The van der Waals surface area contributed by atoms with Gasteiger partial charge in [0.15, 0.2) is 0 Å². The zero-order valence-corrected chi connectivity index (χ0v) is 8.69. The lowest BCUT2D eigenvalue weighted by molar-refractivity contribution is -0.125. The fraction of sp³-hybridized carbons (Fsp3) is 0.556. The van der Waals surface area contributed by atoms with E-state index in [4.69, 9.17) is 17.0 Å². The van der Waals surface area contributed by atoms with Gasteiger partial charge in [-0.3, -0.25) is 9.69 Å². The Morgan fingerprint density at radius 1 is 1.69 bits per heavy atom. The predicted molar refractivity (Wildman–Crippen MR) is 54.3 cm³/mol. The molecule has 0 aromatic heterocycles. The number of amides is 1. The third-order valence-corrected chi connectivity index (χ3v) is 2.33. The first kappa shape index (κ1) is 10.2. The van der Waals surface area contributed by atoms with E-state index in [2.05, 4.69) is 0 Å². The van der Waals surface area contributed by atoms with Crippen molar-refractivity contribution >= 4 is 23.3 Å². The fourth-order valence-corrected chi connectivity index (χ4v) is 1.33. The molecule has 1 aliphatic rings. The molecule has 0 spiro atoms. The van der Waals surface area contributed by atoms with Gasteiger partial charge in [-0.15, -0.1) is 0 Å². The van der Waals surface area contributed by atoms with Gasteiger partial charge in [-0.05, 0) is 32.5 Å². The number of ether oxygens (including phenoxy) is 1. The van der Waals surface area contributed by atoms with Crippen LogP contribution in [0.1, 0.15) is 20.3 Å². The van der Waals surface area contributed by atoms with E-state index in [1.165, 1.54) is 4.90 Å². The summed E-state index contributed by atoms with van der Waals surface area (Å²) in [5.41, 5.74) is 0.702. The van der Waals surface area contributed by atoms with E-state index in [1.807, 2.05) is 6.92 Å². The number of carbonyl (C=O) groups excluding carboxylic acids is 1. The molecule has 0 saturated carbocycles. The number of hydrogen-bond acceptors (Lipinski definition) is 3. The Bertz CT molecular complexity index is 260. The van der Waals surface area contributed by atoms with E-state index in [0.717, 1.165) is 6.42 Å². The molecule has 1 amide bonds. The van der Waals surface area contributed by atoms with Crippen LogP contribution >= 0.6 is 12.2 Å². The highest BCUT2D eigenvalue weighted by molar-refractivity contribution is 7.80. The molecule has 0 bridgehead atoms. The molecule has 0 atom stereocenters. The summed E-state index contributed by atoms with van der Waals surface area (Å²) in [6.45, 7) is 4.90. The van der Waals surface area contributed by atoms with Gasteiger partial charge in [0, 0.05) is 12.1 Å². The molecular weight excluding hydrogens is 186 g/mol. The van der Waals surface area contributed by atoms with Crippen LogP contribution in [0, 0.1) is 0 Å². The molecule has 1 aliphatic heterocycles. The highest BCUT2D eigenvalue weighted by Crippen LogP contribution is 2.09. The van der Waals surface area contributed by atoms with Crippen molar-refractivity contribution in [2.24, 2.45) is 0 Å². The number of rotatable bonds is 1. The zero-order chi connectivity index (χ0) is 9.84. The monoisotopic (exact) mass is 199 g/mol. The second-order valence-electron chi connectivity index (χ2n) is 2.90. The lowest BCUT2D eigenvalue weighted by Crippen LogP contribution is -2.42. The zero-order valence-electron chi connectivity index (χ0n) is 7.87. The lowest BCUT2D eigenvalue weighted by Gasteiger charge is -2.27. The van der Waals surface area contributed by atoms with Crippen molar-refractivity contribution < 1.29 is 9.53 Å². The average molecular weight is 199 g/mol. The van der Waals surface area contributed by atoms with Crippen molar-refractivity contribution in [1.29, 1.82) is 0 Å². The number of hydrogen-bond donors (Lipinski definition) is 0. The van der Waals surface area contributed by atoms with Crippen LogP contribution in [0.5, 0.6) is 0 Å². The molecule has 1 fully saturated rings. The summed E-state index contributed by atoms with van der Waals surface area (Å²) in [4.78, 5) is 13.1. The van der Waals surface area contributed by atoms with Crippen LogP contribution in [-0.2, 0) is 9.53 Å². The Hall–Kier alpha value is -0.900. The Balaban J connectivity index is 2.70. The van der Waals surface area contributed by atoms with Crippen molar-refractivity contribution in [1.82, 2.24) is 4.90 Å². The molecule has 72 valence electrons. The number of allylic oxidation sites excluding steroid dienone is 1. The van der Waals surface area contributed by atoms with Gasteiger partial charge < -0.3 is 4.74 Å². The van der Waals surface area contributed by atoms with Gasteiger partial charge >= 0.3 is 0 Å². The van der Waals surface area contributed by atoms with E-state index < -0.39 is 0 Å². The summed E-state index contributed by atoms with van der Waals surface area (Å²) < 4.78 is 5.12. The maximum Gasteiger partial charge on any atom is 0.266 e. The van der Waals surface area contributed by atoms with Crippen LogP contribution in [0.25, 0.3) is 0 Å². The molecule has 1 rings (SSSR count). The van der Waals surface area contributed by atoms with Crippen LogP contribution in [0.2, 0.25) is 0 Å². The lowest BCUT2D eigenvalue weighted by atomic mass is 10.2. The Kier molecular flexibility index (Phi) is 3.42. The van der Waals surface area contributed by atoms with E-state index in [0.29, 0.717) is 23.9 Å². The minimum absolute atomic E-state index is 0.0489. The van der Waals surface area contributed by atoms with Crippen LogP contribution in [0.15, 0.2) is 11.6 Å². The predicted octanol–water partition coefficient (Wildman–Crippen LogP) is 1.49. The van der Waals surface area contributed by atoms with E-state index in [-0.39, 0.29) is 5.91 Å². The molecule has 3 nitrogen and oxygen atoms in total. The highest BCUT2D eigenvalue weighted by Gasteiger charge is 2.23. The molecule has 4 heteroatoms. The van der Waals surface area contributed by atoms with Crippen molar-refractivity contribution in [3.8, 4) is 0 Å². The van der Waals surface area contributed by atoms with Gasteiger partial charge in [-0.2, -0.15) is 0 Å². The molecule has 0 aromatic carbocycles. The molecule has 0 aromatic rings. The van der Waals surface area contributed by atoms with E-state index in [9.17, 15) is 4.79 Å². The SMILES string of the molecule is C/C=C(\C)C(=O)N1CCCOC1=S. The third-order valence-electron chi connectivity index (χ3n) is 1.99. The standard InChI is InChI=1S/C9H13NO2S/c1-3-7(2)8(11)10-5-4-6-12-9(10)13/h3H,4-6H2,1-2H3/b7-3+. The smallest absolute Gasteiger partial charge is 0.266 e. The quantitative estimate of drug-likeness (QED) is 0.473. The summed E-state index contributed by atoms with van der Waals surface area (Å²) in [5.74, 6) is -0.0489. The van der Waals surface area contributed by atoms with E-state index >= 15 is 0 Å². The van der Waals surface area contributed by atoms with Crippen LogP contribution in [0.4, 0.5) is 0 Å². The summed E-state index contributed by atoms with van der Waals surface area (Å²) >= 11 is 4.93. The molecule has 13 heavy (non-hydrogen) atoms. The molecule has 1 heterocycles. The maximum absolute atomic E-state index is 11.6. The molecule has 0 radical (unpaired) electrons. The second kappa shape index (κ2) is 4.37. The summed E-state index contributed by atoms with van der Waals surface area (Å²) in [7, 11) is 0. The van der Waals surface area contributed by atoms with Crippen molar-refractivity contribution in [2.75, 3.05) is 13.2 Å². The first-order chi connectivity index (χ1) is 6.16. The molecule has 0 aliphatic carbocycles. The van der Waals surface area contributed by atoms with Gasteiger partial charge in [0.2, 0.25) is 0 Å². The van der Waals surface area contributed by atoms with Crippen LogP contribution in [0.3, 0.4) is 0 Å². The normalized spacial score (nSPS) is 18.5. The maximum atomic E-state index is 11.6. The van der Waals surface area contributed by atoms with E-state index in [1.54, 1.807) is 13.0 Å². The topological polar surface area (TPSA) is 29.5 Å². The van der Waals surface area contributed by atoms with Gasteiger partial charge in [0.05, 0.1) is 6.61 Å². The molecular formula is C9H13NO2S. The summed E-state index contributed by atoms with van der Waals surface area (Å²) in [5, 5.41) is 0.303. The van der Waals surface area contributed by atoms with Crippen LogP contribution in [-0.4, -0.2) is 29.1 Å². The number of carbonyl (C=O) groups is 1. The first-order valence-electron chi connectivity index (χ1n) is 4.28. The second-order valence-corrected chi connectivity index (χ2v) is 3.25. The van der Waals surface area contributed by atoms with Crippen molar-refractivity contribution in [3.63, 3.8) is 0 Å². The molecule has 0 unspecified atom stereocenters. The van der Waals surface area contributed by atoms with Crippen molar-refractivity contribution in [3.05, 3.63) is 11.6 Å². The number of thiocarbonyl (C=S) groups is 1. The minimum Gasteiger partial charge on any atom is -0.471 e. The minimum atomic E-state index is -0.0489. The molecule has 0 N–H and O–H groups in total. The third kappa shape index (κ3) is 2.28. The Morgan fingerprint density at radius 2 is 2.38 bits per heavy atom. The van der Waals surface area contributed by atoms with Gasteiger partial charge in [-0.25, -0.2) is 0 Å². The first-order valence-corrected chi connectivity index (χ1v) is 4.69. The average Bonchev–Trinajstić information content (AvgIpc) is 2.16. The van der Waals surface area contributed by atoms with Gasteiger partial charge in [0.25, 0.3) is 11.1 Å². The van der Waals surface area contributed by atoms with Gasteiger partial charge in [-0.1, -0.05) is 6.08 Å². The molecule has 1 saturated heterocycles. The summed E-state index contributed by atoms with van der Waals surface area (Å²) in [6, 6.07) is 0. The summed E-state index contributed by atoms with van der Waals surface area (Å²) in [6.07, 6.45) is 2.63. The number of nitrogens with zero attached hydrogens (tertiary/aromatic N) is 1. The Labute approximate surface area is 83.4 Å². The Morgan fingerprint density at radius 3 is 2.92 bits per heavy atom. The van der Waals surface area contributed by atoms with Gasteiger partial charge in [0.1, 0.15) is 0 Å². The van der Waals surface area contributed by atoms with Crippen LogP contribution < -0.4 is 0 Å². The fourth-order valence-electron chi connectivity index (χ4n) is 1.07. The highest BCUT2D eigenvalue weighted by atomic mass is 32.1. The largest absolute Gasteiger partial charge is 0.471 e. The van der Waals surface area contributed by atoms with Crippen molar-refractivity contribution in [2.45, 2.75) is 20.3 Å².